The molecule has 1 aromatic rings. The van der Waals surface area contributed by atoms with E-state index in [9.17, 15) is 9.59 Å². The van der Waals surface area contributed by atoms with Crippen LogP contribution in [0, 0.1) is 0 Å². The minimum Gasteiger partial charge on any atom is -0.343 e. The number of aryl methyl sites for hydroxylation is 1. The highest BCUT2D eigenvalue weighted by Crippen LogP contribution is 2.25. The van der Waals surface area contributed by atoms with E-state index in [0.29, 0.717) is 18.8 Å². The Morgan fingerprint density at radius 2 is 2.05 bits per heavy atom. The summed E-state index contributed by atoms with van der Waals surface area (Å²) in [5, 5.41) is 0. The van der Waals surface area contributed by atoms with Gasteiger partial charge in [-0.1, -0.05) is 0 Å². The number of amides is 2. The van der Waals surface area contributed by atoms with Gasteiger partial charge in [-0.25, -0.2) is 0 Å². The van der Waals surface area contributed by atoms with E-state index >= 15 is 0 Å². The topological polar surface area (TPSA) is 45.6 Å². The molecule has 1 aliphatic rings. The fraction of sp³-hybridized carbons (Fsp3) is 0.571. The van der Waals surface area contributed by atoms with Gasteiger partial charge in [0.2, 0.25) is 5.91 Å². The zero-order valence-electron chi connectivity index (χ0n) is 12.3. The highest BCUT2D eigenvalue weighted by molar-refractivity contribution is 9.10. The molecule has 0 unspecified atom stereocenters. The van der Waals surface area contributed by atoms with Crippen molar-refractivity contribution < 1.29 is 9.59 Å². The third-order valence-corrected chi connectivity index (χ3v) is 4.31. The van der Waals surface area contributed by atoms with Crippen LogP contribution < -0.4 is 0 Å². The Kier molecular flexibility index (Phi) is 3.95. The summed E-state index contributed by atoms with van der Waals surface area (Å²) in [6.07, 6.45) is 1.89. The van der Waals surface area contributed by atoms with Gasteiger partial charge in [0.15, 0.2) is 0 Å². The summed E-state index contributed by atoms with van der Waals surface area (Å²) in [4.78, 5) is 28.4. The second-order valence-electron chi connectivity index (χ2n) is 5.57. The van der Waals surface area contributed by atoms with Gasteiger partial charge >= 0.3 is 0 Å². The van der Waals surface area contributed by atoms with Crippen molar-refractivity contribution in [3.63, 3.8) is 0 Å². The van der Waals surface area contributed by atoms with Crippen molar-refractivity contribution in [2.45, 2.75) is 32.9 Å². The molecule has 0 aromatic carbocycles. The number of nitrogens with zero attached hydrogens (tertiary/aromatic N) is 3. The maximum absolute atomic E-state index is 12.8. The molecule has 0 bridgehead atoms. The first-order valence-electron chi connectivity index (χ1n) is 6.72. The number of aromatic nitrogens is 1. The molecule has 20 heavy (non-hydrogen) atoms. The Bertz CT molecular complexity index is 551. The van der Waals surface area contributed by atoms with Crippen LogP contribution in [0.5, 0.6) is 0 Å². The van der Waals surface area contributed by atoms with Crippen molar-refractivity contribution in [1.29, 1.82) is 0 Å². The lowest BCUT2D eigenvalue weighted by Gasteiger charge is -2.44. The molecule has 0 atom stereocenters. The lowest BCUT2D eigenvalue weighted by Crippen LogP contribution is -2.63. The summed E-state index contributed by atoms with van der Waals surface area (Å²) in [6.45, 7) is 7.44. The minimum absolute atomic E-state index is 0.0224. The zero-order valence-corrected chi connectivity index (χ0v) is 13.9. The van der Waals surface area contributed by atoms with E-state index in [2.05, 4.69) is 15.9 Å². The smallest absolute Gasteiger partial charge is 0.271 e. The van der Waals surface area contributed by atoms with Crippen molar-refractivity contribution in [3.05, 3.63) is 22.4 Å². The zero-order chi connectivity index (χ0) is 15.1. The predicted octanol–water partition coefficient (Wildman–Crippen LogP) is 1.96. The molecule has 0 N–H and O–H groups in total. The average molecular weight is 342 g/mol. The van der Waals surface area contributed by atoms with Crippen LogP contribution in [0.2, 0.25) is 0 Å². The second kappa shape index (κ2) is 5.24. The molecule has 0 radical (unpaired) electrons. The van der Waals surface area contributed by atoms with Gasteiger partial charge in [0.1, 0.15) is 11.2 Å². The van der Waals surface area contributed by atoms with E-state index in [1.165, 1.54) is 0 Å². The molecule has 0 spiro atoms. The minimum atomic E-state index is -0.806. The normalized spacial score (nSPS) is 18.6. The SMILES string of the molecule is CCn1cc(Br)cc1C(=O)N1CCN(C)C(=O)C1(C)C. The number of hydrogen-bond donors (Lipinski definition) is 0. The van der Waals surface area contributed by atoms with E-state index in [-0.39, 0.29) is 11.8 Å². The molecule has 1 aromatic heterocycles. The van der Waals surface area contributed by atoms with Crippen LogP contribution in [0.15, 0.2) is 16.7 Å². The van der Waals surface area contributed by atoms with Crippen LogP contribution in [-0.2, 0) is 11.3 Å². The largest absolute Gasteiger partial charge is 0.343 e. The number of carbonyl (C=O) groups excluding carboxylic acids is 2. The van der Waals surface area contributed by atoms with Crippen molar-refractivity contribution in [1.82, 2.24) is 14.4 Å². The highest BCUT2D eigenvalue weighted by Gasteiger charge is 2.43. The molecule has 0 saturated carbocycles. The Hall–Kier alpha value is -1.30. The number of rotatable bonds is 2. The summed E-state index contributed by atoms with van der Waals surface area (Å²) in [6, 6.07) is 1.81. The number of carbonyl (C=O) groups is 2. The summed E-state index contributed by atoms with van der Waals surface area (Å²) in [7, 11) is 1.78. The lowest BCUT2D eigenvalue weighted by atomic mass is 9.97. The van der Waals surface area contributed by atoms with Gasteiger partial charge in [0.25, 0.3) is 5.91 Å². The van der Waals surface area contributed by atoms with Crippen LogP contribution in [0.3, 0.4) is 0 Å². The fourth-order valence-electron chi connectivity index (χ4n) is 2.62. The van der Waals surface area contributed by atoms with Gasteiger partial charge in [0.05, 0.1) is 0 Å². The van der Waals surface area contributed by atoms with Crippen LogP contribution >= 0.6 is 15.9 Å². The third kappa shape index (κ3) is 2.37. The highest BCUT2D eigenvalue weighted by atomic mass is 79.9. The van der Waals surface area contributed by atoms with Gasteiger partial charge in [-0.2, -0.15) is 0 Å². The fourth-order valence-corrected chi connectivity index (χ4v) is 3.09. The Morgan fingerprint density at radius 3 is 2.65 bits per heavy atom. The summed E-state index contributed by atoms with van der Waals surface area (Å²) >= 11 is 3.40. The van der Waals surface area contributed by atoms with Crippen molar-refractivity contribution in [2.24, 2.45) is 0 Å². The van der Waals surface area contributed by atoms with E-state index in [4.69, 9.17) is 0 Å². The molecule has 2 rings (SSSR count). The third-order valence-electron chi connectivity index (χ3n) is 3.87. The van der Waals surface area contributed by atoms with Gasteiger partial charge in [-0.3, -0.25) is 9.59 Å². The molecule has 2 heterocycles. The van der Waals surface area contributed by atoms with Crippen molar-refractivity contribution >= 4 is 27.7 Å². The molecule has 110 valence electrons. The van der Waals surface area contributed by atoms with E-state index in [1.54, 1.807) is 30.7 Å². The van der Waals surface area contributed by atoms with Crippen molar-refractivity contribution in [2.75, 3.05) is 20.1 Å². The molecular formula is C14H20BrN3O2. The maximum Gasteiger partial charge on any atom is 0.271 e. The van der Waals surface area contributed by atoms with Gasteiger partial charge in [-0.15, -0.1) is 0 Å². The van der Waals surface area contributed by atoms with Gasteiger partial charge < -0.3 is 14.4 Å². The van der Waals surface area contributed by atoms with E-state index in [0.717, 1.165) is 11.0 Å². The first-order chi connectivity index (χ1) is 9.28. The summed E-state index contributed by atoms with van der Waals surface area (Å²) in [5.74, 6) is -0.116. The first-order valence-corrected chi connectivity index (χ1v) is 7.51. The molecular weight excluding hydrogens is 322 g/mol. The quantitative estimate of drug-likeness (QED) is 0.825. The maximum atomic E-state index is 12.8. The molecule has 0 aliphatic carbocycles. The second-order valence-corrected chi connectivity index (χ2v) is 6.49. The molecule has 6 heteroatoms. The number of hydrogen-bond acceptors (Lipinski definition) is 2. The van der Waals surface area contributed by atoms with Crippen LogP contribution in [-0.4, -0.2) is 51.9 Å². The average Bonchev–Trinajstić information content (AvgIpc) is 2.77. The lowest BCUT2D eigenvalue weighted by molar-refractivity contribution is -0.144. The molecule has 1 aliphatic heterocycles. The van der Waals surface area contributed by atoms with Gasteiger partial charge in [-0.05, 0) is 42.8 Å². The number of piperazine rings is 1. The molecule has 1 fully saturated rings. The first kappa shape index (κ1) is 15.1. The van der Waals surface area contributed by atoms with Crippen LogP contribution in [0.25, 0.3) is 0 Å². The molecule has 1 saturated heterocycles. The van der Waals surface area contributed by atoms with Crippen LogP contribution in [0.1, 0.15) is 31.3 Å². The Labute approximate surface area is 127 Å². The Morgan fingerprint density at radius 1 is 1.40 bits per heavy atom. The predicted molar refractivity (Wildman–Crippen MR) is 80.6 cm³/mol. The standard InChI is InChI=1S/C14H20BrN3O2/c1-5-17-9-10(15)8-11(17)12(19)18-7-6-16(4)13(20)14(18,2)3/h8-9H,5-7H2,1-4H3. The van der Waals surface area contributed by atoms with Gasteiger partial charge in [0, 0.05) is 37.4 Å². The van der Waals surface area contributed by atoms with Crippen LogP contribution in [0.4, 0.5) is 0 Å². The monoisotopic (exact) mass is 341 g/mol. The molecule has 2 amide bonds. The summed E-state index contributed by atoms with van der Waals surface area (Å²) in [5.41, 5.74) is -0.191. The Balaban J connectivity index is 2.35. The van der Waals surface area contributed by atoms with E-state index in [1.807, 2.05) is 23.8 Å². The van der Waals surface area contributed by atoms with E-state index < -0.39 is 5.54 Å². The van der Waals surface area contributed by atoms with Crippen molar-refractivity contribution in [3.8, 4) is 0 Å². The number of halogens is 1. The summed E-state index contributed by atoms with van der Waals surface area (Å²) < 4.78 is 2.77. The molecule has 5 nitrogen and oxygen atoms in total. The number of likely N-dealkylation sites (N-methyl/N-ethyl adjacent to an activating group) is 1.